The number of Topliss-reactive ketones (excluding diaryl/α,β-unsaturated/α-hetero) is 1. The van der Waals surface area contributed by atoms with Gasteiger partial charge >= 0.3 is 6.18 Å². The average molecular weight is 283 g/mol. The van der Waals surface area contributed by atoms with Crippen LogP contribution in [0.15, 0.2) is 34.9 Å². The molecule has 0 radical (unpaired) electrons. The molecule has 0 N–H and O–H groups in total. The molecule has 0 unspecified atom stereocenters. The molecule has 6 heteroatoms. The van der Waals surface area contributed by atoms with Crippen LogP contribution in [-0.2, 0) is 12.6 Å². The fourth-order valence-corrected chi connectivity index (χ4v) is 1.74. The first-order valence-corrected chi connectivity index (χ1v) is 5.99. The summed E-state index contributed by atoms with van der Waals surface area (Å²) in [5.41, 5.74) is 0.587. The molecule has 2 rings (SSSR count). The standard InChI is InChI=1S/C14H12F3NO2/c1-9-8-13(20-18-9)12(19)7-4-10-2-5-11(6-3-10)14(15,16)17/h2-3,5-6,8H,4,7H2,1H3. The molecule has 0 saturated heterocycles. The molecule has 106 valence electrons. The third-order valence-corrected chi connectivity index (χ3v) is 2.82. The van der Waals surface area contributed by atoms with Gasteiger partial charge in [0.2, 0.25) is 11.5 Å². The van der Waals surface area contributed by atoms with Gasteiger partial charge in [0.1, 0.15) is 0 Å². The molecule has 0 amide bonds. The van der Waals surface area contributed by atoms with Gasteiger partial charge in [0.25, 0.3) is 0 Å². The Labute approximate surface area is 113 Å². The summed E-state index contributed by atoms with van der Waals surface area (Å²) in [5.74, 6) is -0.0418. The number of rotatable bonds is 4. The molecule has 1 heterocycles. The van der Waals surface area contributed by atoms with E-state index in [0.717, 1.165) is 12.1 Å². The maximum Gasteiger partial charge on any atom is 0.416 e. The summed E-state index contributed by atoms with van der Waals surface area (Å²) in [5, 5.41) is 3.61. The van der Waals surface area contributed by atoms with Crippen LogP contribution >= 0.6 is 0 Å². The van der Waals surface area contributed by atoms with Crippen LogP contribution in [0.25, 0.3) is 0 Å². The fraction of sp³-hybridized carbons (Fsp3) is 0.286. The van der Waals surface area contributed by atoms with Crippen molar-refractivity contribution in [3.8, 4) is 0 Å². The van der Waals surface area contributed by atoms with Crippen LogP contribution in [0.1, 0.15) is 33.8 Å². The Balaban J connectivity index is 1.96. The van der Waals surface area contributed by atoms with E-state index in [9.17, 15) is 18.0 Å². The Morgan fingerprint density at radius 2 is 1.90 bits per heavy atom. The van der Waals surface area contributed by atoms with E-state index in [2.05, 4.69) is 5.16 Å². The minimum atomic E-state index is -4.34. The molecule has 3 nitrogen and oxygen atoms in total. The summed E-state index contributed by atoms with van der Waals surface area (Å²) in [6.07, 6.45) is -3.82. The Morgan fingerprint density at radius 3 is 2.40 bits per heavy atom. The summed E-state index contributed by atoms with van der Waals surface area (Å²) in [6, 6.07) is 6.31. The first kappa shape index (κ1) is 14.3. The van der Waals surface area contributed by atoms with Gasteiger partial charge in [-0.1, -0.05) is 17.3 Å². The number of hydrogen-bond donors (Lipinski definition) is 0. The average Bonchev–Trinajstić information content (AvgIpc) is 2.82. The minimum Gasteiger partial charge on any atom is -0.353 e. The zero-order chi connectivity index (χ0) is 14.8. The van der Waals surface area contributed by atoms with E-state index in [1.165, 1.54) is 18.2 Å². The number of nitrogens with zero attached hydrogens (tertiary/aromatic N) is 1. The van der Waals surface area contributed by atoms with E-state index in [4.69, 9.17) is 4.52 Å². The van der Waals surface area contributed by atoms with Crippen molar-refractivity contribution < 1.29 is 22.5 Å². The lowest BCUT2D eigenvalue weighted by Gasteiger charge is -2.07. The molecule has 1 aromatic carbocycles. The second-order valence-electron chi connectivity index (χ2n) is 4.45. The maximum atomic E-state index is 12.4. The molecule has 0 bridgehead atoms. The zero-order valence-electron chi connectivity index (χ0n) is 10.7. The summed E-state index contributed by atoms with van der Waals surface area (Å²) >= 11 is 0. The maximum absolute atomic E-state index is 12.4. The highest BCUT2D eigenvalue weighted by Crippen LogP contribution is 2.29. The highest BCUT2D eigenvalue weighted by molar-refractivity contribution is 5.93. The van der Waals surface area contributed by atoms with Gasteiger partial charge in [-0.05, 0) is 31.0 Å². The van der Waals surface area contributed by atoms with Gasteiger partial charge in [0.15, 0.2) is 0 Å². The van der Waals surface area contributed by atoms with Gasteiger partial charge in [-0.2, -0.15) is 13.2 Å². The van der Waals surface area contributed by atoms with E-state index < -0.39 is 11.7 Å². The van der Waals surface area contributed by atoms with Crippen molar-refractivity contribution in [1.82, 2.24) is 5.16 Å². The van der Waals surface area contributed by atoms with Crippen molar-refractivity contribution in [3.63, 3.8) is 0 Å². The highest BCUT2D eigenvalue weighted by atomic mass is 19.4. The Morgan fingerprint density at radius 1 is 1.25 bits per heavy atom. The monoisotopic (exact) mass is 283 g/mol. The summed E-state index contributed by atoms with van der Waals surface area (Å²) < 4.78 is 42.0. The van der Waals surface area contributed by atoms with Crippen molar-refractivity contribution >= 4 is 5.78 Å². The van der Waals surface area contributed by atoms with Crippen molar-refractivity contribution in [1.29, 1.82) is 0 Å². The van der Waals surface area contributed by atoms with Gasteiger partial charge in [-0.3, -0.25) is 4.79 Å². The van der Waals surface area contributed by atoms with Crippen molar-refractivity contribution in [2.45, 2.75) is 25.9 Å². The topological polar surface area (TPSA) is 43.1 Å². The number of carbonyl (C=O) groups is 1. The molecule has 1 aromatic heterocycles. The van der Waals surface area contributed by atoms with E-state index >= 15 is 0 Å². The first-order valence-electron chi connectivity index (χ1n) is 5.99. The molecule has 0 saturated carbocycles. The van der Waals surface area contributed by atoms with Crippen LogP contribution in [0.2, 0.25) is 0 Å². The normalized spacial score (nSPS) is 11.6. The minimum absolute atomic E-state index is 0.167. The van der Waals surface area contributed by atoms with Crippen LogP contribution in [0.5, 0.6) is 0 Å². The van der Waals surface area contributed by atoms with Crippen LogP contribution in [-0.4, -0.2) is 10.9 Å². The molecule has 0 aliphatic carbocycles. The van der Waals surface area contributed by atoms with Gasteiger partial charge in [0, 0.05) is 12.5 Å². The van der Waals surface area contributed by atoms with Crippen LogP contribution in [0.4, 0.5) is 13.2 Å². The quantitative estimate of drug-likeness (QED) is 0.801. The lowest BCUT2D eigenvalue weighted by Crippen LogP contribution is -2.05. The van der Waals surface area contributed by atoms with Gasteiger partial charge in [-0.15, -0.1) is 0 Å². The Bertz CT molecular complexity index is 600. The number of alkyl halides is 3. The molecule has 0 fully saturated rings. The number of hydrogen-bond acceptors (Lipinski definition) is 3. The van der Waals surface area contributed by atoms with E-state index in [1.54, 1.807) is 6.92 Å². The van der Waals surface area contributed by atoms with Crippen molar-refractivity contribution in [2.75, 3.05) is 0 Å². The van der Waals surface area contributed by atoms with Gasteiger partial charge < -0.3 is 4.52 Å². The number of aromatic nitrogens is 1. The molecule has 0 spiro atoms. The van der Waals surface area contributed by atoms with Crippen LogP contribution < -0.4 is 0 Å². The van der Waals surface area contributed by atoms with Gasteiger partial charge in [-0.25, -0.2) is 0 Å². The molecule has 0 aliphatic heterocycles. The van der Waals surface area contributed by atoms with E-state index in [0.29, 0.717) is 17.7 Å². The molecule has 0 atom stereocenters. The van der Waals surface area contributed by atoms with Crippen molar-refractivity contribution in [2.24, 2.45) is 0 Å². The predicted molar refractivity (Wildman–Crippen MR) is 65.3 cm³/mol. The number of carbonyl (C=O) groups excluding carboxylic acids is 1. The third-order valence-electron chi connectivity index (χ3n) is 2.82. The predicted octanol–water partition coefficient (Wildman–Crippen LogP) is 3.82. The highest BCUT2D eigenvalue weighted by Gasteiger charge is 2.29. The molecule has 20 heavy (non-hydrogen) atoms. The van der Waals surface area contributed by atoms with Crippen LogP contribution in [0, 0.1) is 6.92 Å². The first-order chi connectivity index (χ1) is 9.36. The van der Waals surface area contributed by atoms with Crippen molar-refractivity contribution in [3.05, 3.63) is 52.9 Å². The lowest BCUT2D eigenvalue weighted by atomic mass is 10.0. The largest absolute Gasteiger partial charge is 0.416 e. The van der Waals surface area contributed by atoms with E-state index in [-0.39, 0.29) is 18.0 Å². The third kappa shape index (κ3) is 3.46. The Kier molecular flexibility index (Phi) is 3.92. The SMILES string of the molecule is Cc1cc(C(=O)CCc2ccc(C(F)(F)F)cc2)on1. The number of halogens is 3. The van der Waals surface area contributed by atoms with E-state index in [1.807, 2.05) is 0 Å². The molecular formula is C14H12F3NO2. The second-order valence-corrected chi connectivity index (χ2v) is 4.45. The Hall–Kier alpha value is -2.11. The smallest absolute Gasteiger partial charge is 0.353 e. The van der Waals surface area contributed by atoms with Gasteiger partial charge in [0.05, 0.1) is 11.3 Å². The summed E-state index contributed by atoms with van der Waals surface area (Å²) in [4.78, 5) is 11.7. The fourth-order valence-electron chi connectivity index (χ4n) is 1.74. The second kappa shape index (κ2) is 5.48. The zero-order valence-corrected chi connectivity index (χ0v) is 10.7. The number of aryl methyl sites for hydroxylation is 2. The molecule has 2 aromatic rings. The molecular weight excluding hydrogens is 271 g/mol. The number of ketones is 1. The number of benzene rings is 1. The lowest BCUT2D eigenvalue weighted by molar-refractivity contribution is -0.137. The van der Waals surface area contributed by atoms with Crippen LogP contribution in [0.3, 0.4) is 0 Å². The summed E-state index contributed by atoms with van der Waals surface area (Å²) in [6.45, 7) is 1.70. The summed E-state index contributed by atoms with van der Waals surface area (Å²) in [7, 11) is 0. The molecule has 0 aliphatic rings.